The van der Waals surface area contributed by atoms with Crippen molar-refractivity contribution in [1.29, 1.82) is 0 Å². The van der Waals surface area contributed by atoms with Gasteiger partial charge >= 0.3 is 0 Å². The molecule has 0 atom stereocenters. The van der Waals surface area contributed by atoms with Gasteiger partial charge in [-0.05, 0) is 58.2 Å². The first-order valence-corrected chi connectivity index (χ1v) is 9.61. The Bertz CT molecular complexity index is 847. The Morgan fingerprint density at radius 1 is 1.12 bits per heavy atom. The number of anilines is 1. The van der Waals surface area contributed by atoms with Gasteiger partial charge < -0.3 is 5.32 Å². The molecule has 2 rings (SSSR count). The van der Waals surface area contributed by atoms with Crippen molar-refractivity contribution in [1.82, 2.24) is 4.31 Å². The molecule has 0 spiro atoms. The Kier molecular flexibility index (Phi) is 5.79. The molecular formula is C17H19BrN2O3S. The highest BCUT2D eigenvalue weighted by molar-refractivity contribution is 9.10. The van der Waals surface area contributed by atoms with E-state index in [1.807, 2.05) is 24.3 Å². The number of nitrogens with zero attached hydrogens (tertiary/aromatic N) is 1. The molecule has 0 saturated heterocycles. The van der Waals surface area contributed by atoms with E-state index in [4.69, 9.17) is 0 Å². The van der Waals surface area contributed by atoms with Crippen LogP contribution in [0.1, 0.15) is 22.8 Å². The van der Waals surface area contributed by atoms with E-state index in [0.29, 0.717) is 10.2 Å². The lowest BCUT2D eigenvalue weighted by Gasteiger charge is -2.13. The van der Waals surface area contributed by atoms with Crippen LogP contribution in [0.25, 0.3) is 0 Å². The standard InChI is InChI=1S/C17H19BrN2O3S/c1-4-12-5-7-13(8-6-12)19-17(21)15-11-14(9-10-16(15)18)24(22,23)20(2)3/h5-11H,4H2,1-3H3,(H,19,21). The number of hydrogen-bond donors (Lipinski definition) is 1. The molecule has 1 N–H and O–H groups in total. The van der Waals surface area contributed by atoms with Crippen molar-refractivity contribution in [2.24, 2.45) is 0 Å². The van der Waals surface area contributed by atoms with Crippen LogP contribution in [0.2, 0.25) is 0 Å². The molecule has 0 aliphatic heterocycles. The predicted molar refractivity (Wildman–Crippen MR) is 98.8 cm³/mol. The minimum absolute atomic E-state index is 0.0715. The lowest BCUT2D eigenvalue weighted by atomic mass is 10.1. The van der Waals surface area contributed by atoms with Gasteiger partial charge in [0, 0.05) is 24.3 Å². The van der Waals surface area contributed by atoms with Crippen LogP contribution >= 0.6 is 15.9 Å². The second-order valence-corrected chi connectivity index (χ2v) is 8.44. The van der Waals surface area contributed by atoms with E-state index in [-0.39, 0.29) is 16.4 Å². The van der Waals surface area contributed by atoms with Gasteiger partial charge in [-0.1, -0.05) is 19.1 Å². The van der Waals surface area contributed by atoms with Gasteiger partial charge in [0.15, 0.2) is 0 Å². The van der Waals surface area contributed by atoms with E-state index in [9.17, 15) is 13.2 Å². The molecule has 0 heterocycles. The Balaban J connectivity index is 2.31. The van der Waals surface area contributed by atoms with Gasteiger partial charge in [-0.3, -0.25) is 4.79 Å². The van der Waals surface area contributed by atoms with Gasteiger partial charge in [0.1, 0.15) is 0 Å². The van der Waals surface area contributed by atoms with Crippen LogP contribution in [0, 0.1) is 0 Å². The summed E-state index contributed by atoms with van der Waals surface area (Å²) in [4.78, 5) is 12.6. The molecule has 0 aliphatic rings. The summed E-state index contributed by atoms with van der Waals surface area (Å²) in [5.41, 5.74) is 2.09. The van der Waals surface area contributed by atoms with E-state index in [1.165, 1.54) is 31.8 Å². The van der Waals surface area contributed by atoms with Gasteiger partial charge in [0.05, 0.1) is 10.5 Å². The minimum atomic E-state index is -3.60. The minimum Gasteiger partial charge on any atom is -0.322 e. The maximum atomic E-state index is 12.5. The number of rotatable bonds is 5. The zero-order valence-electron chi connectivity index (χ0n) is 13.7. The second-order valence-electron chi connectivity index (χ2n) is 5.43. The van der Waals surface area contributed by atoms with E-state index >= 15 is 0 Å². The normalized spacial score (nSPS) is 11.5. The summed E-state index contributed by atoms with van der Waals surface area (Å²) in [6, 6.07) is 11.9. The summed E-state index contributed by atoms with van der Waals surface area (Å²) in [6.45, 7) is 2.06. The summed E-state index contributed by atoms with van der Waals surface area (Å²) < 4.78 is 26.1. The highest BCUT2D eigenvalue weighted by Crippen LogP contribution is 2.23. The van der Waals surface area contributed by atoms with E-state index < -0.39 is 10.0 Å². The summed E-state index contributed by atoms with van der Waals surface area (Å²) in [6.07, 6.45) is 0.921. The molecule has 1 amide bonds. The third kappa shape index (κ3) is 4.03. The topological polar surface area (TPSA) is 66.5 Å². The molecule has 0 fully saturated rings. The van der Waals surface area contributed by atoms with Crippen molar-refractivity contribution < 1.29 is 13.2 Å². The number of halogens is 1. The zero-order chi connectivity index (χ0) is 17.9. The van der Waals surface area contributed by atoms with E-state index in [2.05, 4.69) is 28.2 Å². The largest absolute Gasteiger partial charge is 0.322 e. The number of sulfonamides is 1. The Morgan fingerprint density at radius 3 is 2.29 bits per heavy atom. The fraction of sp³-hybridized carbons (Fsp3) is 0.235. The fourth-order valence-electron chi connectivity index (χ4n) is 2.07. The van der Waals surface area contributed by atoms with Crippen LogP contribution in [-0.4, -0.2) is 32.7 Å². The van der Waals surface area contributed by atoms with Gasteiger partial charge in [-0.25, -0.2) is 12.7 Å². The first kappa shape index (κ1) is 18.6. The van der Waals surface area contributed by atoms with Crippen molar-refractivity contribution in [2.75, 3.05) is 19.4 Å². The van der Waals surface area contributed by atoms with Crippen LogP contribution in [0.5, 0.6) is 0 Å². The highest BCUT2D eigenvalue weighted by atomic mass is 79.9. The van der Waals surface area contributed by atoms with Crippen LogP contribution < -0.4 is 5.32 Å². The predicted octanol–water partition coefficient (Wildman–Crippen LogP) is 3.51. The summed E-state index contributed by atoms with van der Waals surface area (Å²) in [5.74, 6) is -0.373. The molecule has 24 heavy (non-hydrogen) atoms. The number of hydrogen-bond acceptors (Lipinski definition) is 3. The lowest BCUT2D eigenvalue weighted by molar-refractivity contribution is 0.102. The molecule has 0 bridgehead atoms. The molecule has 0 aliphatic carbocycles. The highest BCUT2D eigenvalue weighted by Gasteiger charge is 2.20. The zero-order valence-corrected chi connectivity index (χ0v) is 16.1. The molecule has 7 heteroatoms. The average Bonchev–Trinajstić information content (AvgIpc) is 2.55. The monoisotopic (exact) mass is 410 g/mol. The molecule has 5 nitrogen and oxygen atoms in total. The number of benzene rings is 2. The van der Waals surface area contributed by atoms with Crippen molar-refractivity contribution >= 4 is 37.5 Å². The Morgan fingerprint density at radius 2 is 1.75 bits per heavy atom. The van der Waals surface area contributed by atoms with Gasteiger partial charge in [-0.15, -0.1) is 0 Å². The quantitative estimate of drug-likeness (QED) is 0.819. The van der Waals surface area contributed by atoms with Crippen molar-refractivity contribution in [2.45, 2.75) is 18.2 Å². The first-order chi connectivity index (χ1) is 11.3. The Hall–Kier alpha value is -1.70. The van der Waals surface area contributed by atoms with Crippen LogP contribution in [0.15, 0.2) is 51.8 Å². The number of carbonyl (C=O) groups is 1. The number of nitrogens with one attached hydrogen (secondary N) is 1. The van der Waals surface area contributed by atoms with E-state index in [0.717, 1.165) is 10.7 Å². The molecule has 2 aromatic carbocycles. The molecular weight excluding hydrogens is 392 g/mol. The lowest BCUT2D eigenvalue weighted by Crippen LogP contribution is -2.23. The fourth-order valence-corrected chi connectivity index (χ4v) is 3.43. The number of aryl methyl sites for hydroxylation is 1. The summed E-state index contributed by atoms with van der Waals surface area (Å²) >= 11 is 3.30. The third-order valence-corrected chi connectivity index (χ3v) is 6.08. The van der Waals surface area contributed by atoms with Crippen molar-refractivity contribution in [3.63, 3.8) is 0 Å². The molecule has 0 radical (unpaired) electrons. The molecule has 128 valence electrons. The smallest absolute Gasteiger partial charge is 0.256 e. The average molecular weight is 411 g/mol. The SMILES string of the molecule is CCc1ccc(NC(=O)c2cc(S(=O)(=O)N(C)C)ccc2Br)cc1. The van der Waals surface area contributed by atoms with Crippen LogP contribution in [0.3, 0.4) is 0 Å². The second kappa shape index (κ2) is 7.46. The van der Waals surface area contributed by atoms with Crippen molar-refractivity contribution in [3.8, 4) is 0 Å². The van der Waals surface area contributed by atoms with Crippen LogP contribution in [-0.2, 0) is 16.4 Å². The van der Waals surface area contributed by atoms with Gasteiger partial charge in [0.25, 0.3) is 5.91 Å². The maximum Gasteiger partial charge on any atom is 0.256 e. The van der Waals surface area contributed by atoms with Crippen molar-refractivity contribution in [3.05, 3.63) is 58.1 Å². The molecule has 0 unspecified atom stereocenters. The van der Waals surface area contributed by atoms with Gasteiger partial charge in [-0.2, -0.15) is 0 Å². The summed E-state index contributed by atoms with van der Waals surface area (Å²) in [7, 11) is -0.697. The summed E-state index contributed by atoms with van der Waals surface area (Å²) in [5, 5.41) is 2.78. The van der Waals surface area contributed by atoms with E-state index in [1.54, 1.807) is 6.07 Å². The third-order valence-electron chi connectivity index (χ3n) is 3.58. The molecule has 0 saturated carbocycles. The molecule has 0 aromatic heterocycles. The first-order valence-electron chi connectivity index (χ1n) is 7.38. The Labute approximate surface area is 150 Å². The molecule has 2 aromatic rings. The number of carbonyl (C=O) groups excluding carboxylic acids is 1. The number of amides is 1. The maximum absolute atomic E-state index is 12.5. The van der Waals surface area contributed by atoms with Gasteiger partial charge in [0.2, 0.25) is 10.0 Å². The van der Waals surface area contributed by atoms with Crippen LogP contribution in [0.4, 0.5) is 5.69 Å².